The third-order valence-corrected chi connectivity index (χ3v) is 1.67. The molecular weight excluding hydrogens is 184 g/mol. The summed E-state index contributed by atoms with van der Waals surface area (Å²) >= 11 is 0. The van der Waals surface area contributed by atoms with Gasteiger partial charge in [-0.15, -0.1) is 6.42 Å². The van der Waals surface area contributed by atoms with Crippen LogP contribution < -0.4 is 0 Å². The fourth-order valence-electron chi connectivity index (χ4n) is 1.06. The summed E-state index contributed by atoms with van der Waals surface area (Å²) in [6, 6.07) is 3.88. The topological polar surface area (TPSA) is 74.6 Å². The van der Waals surface area contributed by atoms with E-state index in [4.69, 9.17) is 16.6 Å². The van der Waals surface area contributed by atoms with Gasteiger partial charge in [0.1, 0.15) is 0 Å². The maximum atomic E-state index is 10.7. The van der Waals surface area contributed by atoms with E-state index in [1.807, 2.05) is 0 Å². The van der Waals surface area contributed by atoms with Gasteiger partial charge in [0.2, 0.25) is 0 Å². The molecule has 0 radical (unpaired) electrons. The lowest BCUT2D eigenvalue weighted by molar-refractivity contribution is 0.0696. The fourth-order valence-corrected chi connectivity index (χ4v) is 1.06. The summed E-state index contributed by atoms with van der Waals surface area (Å²) in [5.41, 5.74) is -0.452. The summed E-state index contributed by atoms with van der Waals surface area (Å²) in [5, 5.41) is 17.4. The molecule has 0 aliphatic rings. The summed E-state index contributed by atoms with van der Waals surface area (Å²) in [5.74, 6) is -0.405. The van der Waals surface area contributed by atoms with E-state index in [1.54, 1.807) is 0 Å². The maximum Gasteiger partial charge on any atom is 0.336 e. The zero-order valence-corrected chi connectivity index (χ0v) is 7.02. The number of hydrogen-bond acceptors (Lipinski definition) is 2. The van der Waals surface area contributed by atoms with Crippen molar-refractivity contribution in [3.8, 4) is 12.3 Å². The van der Waals surface area contributed by atoms with E-state index in [-0.39, 0.29) is 16.7 Å². The van der Waals surface area contributed by atoms with Crippen molar-refractivity contribution in [2.75, 3.05) is 0 Å². The lowest BCUT2D eigenvalue weighted by Crippen LogP contribution is -2.07. The monoisotopic (exact) mass is 190 g/mol. The highest BCUT2D eigenvalue weighted by atomic mass is 16.4. The molecule has 2 N–H and O–H groups in total. The molecule has 0 saturated heterocycles. The van der Waals surface area contributed by atoms with Crippen molar-refractivity contribution in [2.24, 2.45) is 0 Å². The highest BCUT2D eigenvalue weighted by Crippen LogP contribution is 2.13. The van der Waals surface area contributed by atoms with E-state index in [0.29, 0.717) is 0 Å². The number of hydrogen-bond donors (Lipinski definition) is 2. The van der Waals surface area contributed by atoms with Gasteiger partial charge in [0.15, 0.2) is 0 Å². The molecule has 0 aliphatic heterocycles. The highest BCUT2D eigenvalue weighted by Gasteiger charge is 2.15. The van der Waals surface area contributed by atoms with Gasteiger partial charge in [0.05, 0.1) is 16.7 Å². The van der Waals surface area contributed by atoms with Gasteiger partial charge in [-0.1, -0.05) is 12.0 Å². The molecule has 0 amide bonds. The molecule has 0 bridgehead atoms. The van der Waals surface area contributed by atoms with E-state index < -0.39 is 11.9 Å². The third kappa shape index (κ3) is 1.57. The Balaban J connectivity index is 3.50. The molecule has 0 atom stereocenters. The van der Waals surface area contributed by atoms with E-state index in [2.05, 4.69) is 5.92 Å². The van der Waals surface area contributed by atoms with Crippen molar-refractivity contribution in [1.29, 1.82) is 0 Å². The average molecular weight is 190 g/mol. The van der Waals surface area contributed by atoms with Crippen LogP contribution in [0.2, 0.25) is 0 Å². The minimum absolute atomic E-state index is 0.104. The number of terminal acetylenes is 1. The molecule has 0 saturated carbocycles. The van der Waals surface area contributed by atoms with Crippen molar-refractivity contribution in [3.05, 3.63) is 34.9 Å². The van der Waals surface area contributed by atoms with Gasteiger partial charge in [-0.2, -0.15) is 0 Å². The van der Waals surface area contributed by atoms with Crippen LogP contribution in [0.4, 0.5) is 0 Å². The van der Waals surface area contributed by atoms with Gasteiger partial charge in [-0.25, -0.2) is 9.59 Å². The van der Waals surface area contributed by atoms with Crippen molar-refractivity contribution in [3.63, 3.8) is 0 Å². The SMILES string of the molecule is C#Cc1c(C(=O)O)cccc1C(=O)O. The van der Waals surface area contributed by atoms with Gasteiger partial charge in [0.25, 0.3) is 0 Å². The number of rotatable bonds is 2. The van der Waals surface area contributed by atoms with Crippen LogP contribution in [0.3, 0.4) is 0 Å². The maximum absolute atomic E-state index is 10.7. The summed E-state index contributed by atoms with van der Waals surface area (Å²) in [7, 11) is 0. The summed E-state index contributed by atoms with van der Waals surface area (Å²) < 4.78 is 0. The van der Waals surface area contributed by atoms with Crippen molar-refractivity contribution >= 4 is 11.9 Å². The Bertz CT molecular complexity index is 408. The van der Waals surface area contributed by atoms with Crippen LogP contribution in [0.25, 0.3) is 0 Å². The van der Waals surface area contributed by atoms with Gasteiger partial charge in [0, 0.05) is 0 Å². The quantitative estimate of drug-likeness (QED) is 0.684. The van der Waals surface area contributed by atoms with Crippen LogP contribution in [-0.2, 0) is 0 Å². The van der Waals surface area contributed by atoms with Crippen LogP contribution in [0.1, 0.15) is 26.3 Å². The molecule has 70 valence electrons. The molecule has 0 aromatic heterocycles. The number of carboxylic acids is 2. The second-order valence-corrected chi connectivity index (χ2v) is 2.48. The minimum atomic E-state index is -1.24. The minimum Gasteiger partial charge on any atom is -0.478 e. The Morgan fingerprint density at radius 1 is 1.14 bits per heavy atom. The van der Waals surface area contributed by atoms with E-state index >= 15 is 0 Å². The molecule has 1 aromatic carbocycles. The number of benzene rings is 1. The first-order valence-electron chi connectivity index (χ1n) is 3.64. The van der Waals surface area contributed by atoms with Gasteiger partial charge >= 0.3 is 11.9 Å². The van der Waals surface area contributed by atoms with Gasteiger partial charge < -0.3 is 10.2 Å². The fraction of sp³-hybridized carbons (Fsp3) is 0. The zero-order chi connectivity index (χ0) is 10.7. The lowest BCUT2D eigenvalue weighted by atomic mass is 10.0. The molecule has 14 heavy (non-hydrogen) atoms. The molecule has 4 heteroatoms. The summed E-state index contributed by atoms with van der Waals surface area (Å²) in [6.07, 6.45) is 5.05. The predicted molar refractivity (Wildman–Crippen MR) is 48.3 cm³/mol. The standard InChI is InChI=1S/C10H6O4/c1-2-6-7(9(11)12)4-3-5-8(6)10(13)14/h1,3-5H,(H,11,12)(H,13,14). The van der Waals surface area contributed by atoms with Crippen LogP contribution in [0, 0.1) is 12.3 Å². The molecule has 1 rings (SSSR count). The van der Waals surface area contributed by atoms with E-state index in [0.717, 1.165) is 0 Å². The molecule has 0 unspecified atom stereocenters. The first-order chi connectivity index (χ1) is 6.57. The molecular formula is C10H6O4. The Morgan fingerprint density at radius 3 is 1.86 bits per heavy atom. The predicted octanol–water partition coefficient (Wildman–Crippen LogP) is 1.06. The van der Waals surface area contributed by atoms with Crippen LogP contribution in [-0.4, -0.2) is 22.2 Å². The van der Waals surface area contributed by atoms with Crippen molar-refractivity contribution in [1.82, 2.24) is 0 Å². The third-order valence-electron chi connectivity index (χ3n) is 1.67. The van der Waals surface area contributed by atoms with Crippen LogP contribution in [0.5, 0.6) is 0 Å². The first-order valence-corrected chi connectivity index (χ1v) is 3.64. The second kappa shape index (κ2) is 3.62. The van der Waals surface area contributed by atoms with Crippen molar-refractivity contribution in [2.45, 2.75) is 0 Å². The second-order valence-electron chi connectivity index (χ2n) is 2.48. The molecule has 0 heterocycles. The number of aromatic carboxylic acids is 2. The number of carboxylic acid groups (broad SMARTS) is 2. The Kier molecular flexibility index (Phi) is 2.54. The van der Waals surface area contributed by atoms with Crippen LogP contribution >= 0.6 is 0 Å². The molecule has 1 aromatic rings. The molecule has 0 fully saturated rings. The van der Waals surface area contributed by atoms with E-state index in [1.165, 1.54) is 18.2 Å². The Morgan fingerprint density at radius 2 is 1.57 bits per heavy atom. The average Bonchev–Trinajstić information content (AvgIpc) is 2.16. The summed E-state index contributed by atoms with van der Waals surface area (Å²) in [6.45, 7) is 0. The van der Waals surface area contributed by atoms with Crippen LogP contribution in [0.15, 0.2) is 18.2 Å². The Hall–Kier alpha value is -2.28. The smallest absolute Gasteiger partial charge is 0.336 e. The van der Waals surface area contributed by atoms with Gasteiger partial charge in [-0.05, 0) is 12.1 Å². The number of carbonyl (C=O) groups is 2. The molecule has 0 aliphatic carbocycles. The van der Waals surface area contributed by atoms with Gasteiger partial charge in [-0.3, -0.25) is 0 Å². The Labute approximate surface area is 79.8 Å². The zero-order valence-electron chi connectivity index (χ0n) is 7.02. The lowest BCUT2D eigenvalue weighted by Gasteiger charge is -2.02. The first kappa shape index (κ1) is 9.81. The molecule has 0 spiro atoms. The van der Waals surface area contributed by atoms with E-state index in [9.17, 15) is 9.59 Å². The molecule has 4 nitrogen and oxygen atoms in total. The largest absolute Gasteiger partial charge is 0.478 e. The summed E-state index contributed by atoms with van der Waals surface area (Å²) in [4.78, 5) is 21.3. The normalized spacial score (nSPS) is 9.07. The highest BCUT2D eigenvalue weighted by molar-refractivity contribution is 5.98. The van der Waals surface area contributed by atoms with Crippen molar-refractivity contribution < 1.29 is 19.8 Å².